The Morgan fingerprint density at radius 1 is 1.10 bits per heavy atom. The van der Waals surface area contributed by atoms with Crippen LogP contribution in [0.3, 0.4) is 0 Å². The van der Waals surface area contributed by atoms with E-state index in [2.05, 4.69) is 0 Å². The number of carbonyl (C=O) groups is 1. The molecule has 1 N–H and O–H groups in total. The van der Waals surface area contributed by atoms with Crippen LogP contribution >= 0.6 is 0 Å². The molecule has 0 spiro atoms. The fourth-order valence-electron chi connectivity index (χ4n) is 3.33. The Labute approximate surface area is 127 Å². The molecule has 0 radical (unpaired) electrons. The first-order valence-corrected chi connectivity index (χ1v) is 8.03. The van der Waals surface area contributed by atoms with E-state index in [-0.39, 0.29) is 0 Å². The summed E-state index contributed by atoms with van der Waals surface area (Å²) < 4.78 is 5.16. The van der Waals surface area contributed by atoms with E-state index in [0.29, 0.717) is 0 Å². The molecule has 1 aromatic rings. The molecule has 0 saturated heterocycles. The van der Waals surface area contributed by atoms with Crippen molar-refractivity contribution >= 4 is 5.97 Å². The minimum absolute atomic E-state index is 0.514. The number of hydrogen-bond donors (Lipinski definition) is 1. The fourth-order valence-corrected chi connectivity index (χ4v) is 3.33. The van der Waals surface area contributed by atoms with Gasteiger partial charge < -0.3 is 9.84 Å². The first-order valence-electron chi connectivity index (χ1n) is 8.03. The Bertz CT molecular complexity index is 442. The molecule has 2 rings (SSSR count). The Morgan fingerprint density at radius 3 is 2.19 bits per heavy atom. The maximum Gasteiger partial charge on any atom is 0.309 e. The van der Waals surface area contributed by atoms with Crippen LogP contribution < -0.4 is 4.74 Å². The molecule has 116 valence electrons. The molecule has 1 fully saturated rings. The summed E-state index contributed by atoms with van der Waals surface area (Å²) in [6, 6.07) is 7.97. The van der Waals surface area contributed by atoms with Crippen molar-refractivity contribution in [3.8, 4) is 5.75 Å². The Hall–Kier alpha value is -1.51. The number of aryl methyl sites for hydroxylation is 1. The van der Waals surface area contributed by atoms with Gasteiger partial charge in [-0.1, -0.05) is 44.2 Å². The number of hydrogen-bond acceptors (Lipinski definition) is 2. The zero-order chi connectivity index (χ0) is 15.1. The molecule has 3 nitrogen and oxygen atoms in total. The fraction of sp³-hybridized carbons (Fsp3) is 0.611. The maximum absolute atomic E-state index is 11.8. The normalized spacial score (nSPS) is 18.5. The van der Waals surface area contributed by atoms with E-state index in [1.54, 1.807) is 7.11 Å². The van der Waals surface area contributed by atoms with Crippen molar-refractivity contribution in [2.45, 2.75) is 57.8 Å². The van der Waals surface area contributed by atoms with Gasteiger partial charge >= 0.3 is 5.97 Å². The van der Waals surface area contributed by atoms with Gasteiger partial charge in [0, 0.05) is 0 Å². The highest BCUT2D eigenvalue weighted by atomic mass is 16.5. The molecule has 0 aromatic heterocycles. The van der Waals surface area contributed by atoms with Crippen LogP contribution in [0.15, 0.2) is 24.3 Å². The van der Waals surface area contributed by atoms with Gasteiger partial charge in [-0.2, -0.15) is 0 Å². The number of carboxylic acids is 1. The SMILES string of the molecule is COc1ccc(CCC2(C(=O)O)CCCCCCC2)cc1. The summed E-state index contributed by atoms with van der Waals surface area (Å²) >= 11 is 0. The maximum atomic E-state index is 11.8. The Kier molecular flexibility index (Phi) is 5.66. The summed E-state index contributed by atoms with van der Waals surface area (Å²) in [5, 5.41) is 9.75. The van der Waals surface area contributed by atoms with Crippen molar-refractivity contribution in [2.75, 3.05) is 7.11 Å². The van der Waals surface area contributed by atoms with Crippen LogP contribution in [0, 0.1) is 5.41 Å². The van der Waals surface area contributed by atoms with E-state index in [0.717, 1.165) is 44.3 Å². The number of methoxy groups -OCH3 is 1. The summed E-state index contributed by atoms with van der Waals surface area (Å²) in [4.78, 5) is 11.8. The molecule has 1 aliphatic carbocycles. The summed E-state index contributed by atoms with van der Waals surface area (Å²) in [6.07, 6.45) is 8.95. The lowest BCUT2D eigenvalue weighted by molar-refractivity contribution is -0.150. The van der Waals surface area contributed by atoms with Gasteiger partial charge in [0.05, 0.1) is 12.5 Å². The number of ether oxygens (including phenoxy) is 1. The van der Waals surface area contributed by atoms with Crippen LogP contribution in [-0.4, -0.2) is 18.2 Å². The van der Waals surface area contributed by atoms with Crippen molar-refractivity contribution in [2.24, 2.45) is 5.41 Å². The molecule has 0 heterocycles. The molecule has 0 atom stereocenters. The van der Waals surface area contributed by atoms with Crippen LogP contribution in [0.4, 0.5) is 0 Å². The van der Waals surface area contributed by atoms with E-state index in [4.69, 9.17) is 4.74 Å². The zero-order valence-electron chi connectivity index (χ0n) is 12.9. The van der Waals surface area contributed by atoms with Crippen molar-refractivity contribution in [1.82, 2.24) is 0 Å². The van der Waals surface area contributed by atoms with Crippen LogP contribution in [0.5, 0.6) is 5.75 Å². The van der Waals surface area contributed by atoms with Gasteiger partial charge in [0.25, 0.3) is 0 Å². The molecule has 1 aliphatic rings. The van der Waals surface area contributed by atoms with Crippen molar-refractivity contribution in [3.05, 3.63) is 29.8 Å². The van der Waals surface area contributed by atoms with Gasteiger partial charge in [0.1, 0.15) is 5.75 Å². The van der Waals surface area contributed by atoms with E-state index >= 15 is 0 Å². The first-order chi connectivity index (χ1) is 10.2. The molecule has 21 heavy (non-hydrogen) atoms. The van der Waals surface area contributed by atoms with Gasteiger partial charge in [-0.25, -0.2) is 0 Å². The second-order valence-corrected chi connectivity index (χ2v) is 6.20. The van der Waals surface area contributed by atoms with Crippen LogP contribution in [0.2, 0.25) is 0 Å². The van der Waals surface area contributed by atoms with E-state index in [1.807, 2.05) is 24.3 Å². The second-order valence-electron chi connectivity index (χ2n) is 6.20. The second kappa shape index (κ2) is 7.48. The molecule has 0 unspecified atom stereocenters. The summed E-state index contributed by atoms with van der Waals surface area (Å²) in [5.74, 6) is 0.246. The van der Waals surface area contributed by atoms with Crippen molar-refractivity contribution in [1.29, 1.82) is 0 Å². The van der Waals surface area contributed by atoms with E-state index < -0.39 is 11.4 Å². The molecule has 0 amide bonds. The lowest BCUT2D eigenvalue weighted by Gasteiger charge is -2.31. The van der Waals surface area contributed by atoms with Crippen LogP contribution in [0.25, 0.3) is 0 Å². The largest absolute Gasteiger partial charge is 0.497 e. The predicted molar refractivity (Wildman–Crippen MR) is 83.7 cm³/mol. The number of benzene rings is 1. The van der Waals surface area contributed by atoms with Crippen LogP contribution in [-0.2, 0) is 11.2 Å². The number of carboxylic acid groups (broad SMARTS) is 1. The van der Waals surface area contributed by atoms with Gasteiger partial charge in [0.15, 0.2) is 0 Å². The minimum atomic E-state index is -0.599. The van der Waals surface area contributed by atoms with E-state index in [1.165, 1.54) is 24.8 Å². The zero-order valence-corrected chi connectivity index (χ0v) is 12.9. The molecule has 0 bridgehead atoms. The van der Waals surface area contributed by atoms with Gasteiger partial charge in [-0.3, -0.25) is 4.79 Å². The smallest absolute Gasteiger partial charge is 0.309 e. The molecule has 3 heteroatoms. The highest BCUT2D eigenvalue weighted by Crippen LogP contribution is 2.38. The Morgan fingerprint density at radius 2 is 1.67 bits per heavy atom. The molecule has 0 aliphatic heterocycles. The third kappa shape index (κ3) is 4.23. The van der Waals surface area contributed by atoms with Gasteiger partial charge in [-0.05, 0) is 43.4 Å². The monoisotopic (exact) mass is 290 g/mol. The van der Waals surface area contributed by atoms with Crippen molar-refractivity contribution in [3.63, 3.8) is 0 Å². The lowest BCUT2D eigenvalue weighted by atomic mass is 9.72. The predicted octanol–water partition coefficient (Wildman–Crippen LogP) is 4.44. The Balaban J connectivity index is 2.02. The average Bonchev–Trinajstić information content (AvgIpc) is 2.47. The topological polar surface area (TPSA) is 46.5 Å². The minimum Gasteiger partial charge on any atom is -0.497 e. The average molecular weight is 290 g/mol. The van der Waals surface area contributed by atoms with E-state index in [9.17, 15) is 9.90 Å². The summed E-state index contributed by atoms with van der Waals surface area (Å²) in [5.41, 5.74) is 0.679. The molecule has 1 saturated carbocycles. The first kappa shape index (κ1) is 15.9. The quantitative estimate of drug-likeness (QED) is 0.871. The standard InChI is InChI=1S/C18H26O3/c1-21-16-9-7-15(8-10-16)11-14-18(17(19)20)12-5-3-2-4-6-13-18/h7-10H,2-6,11-14H2,1H3,(H,19,20). The number of rotatable bonds is 5. The summed E-state index contributed by atoms with van der Waals surface area (Å²) in [6.45, 7) is 0. The molecular weight excluding hydrogens is 264 g/mol. The lowest BCUT2D eigenvalue weighted by Crippen LogP contribution is -2.32. The third-order valence-electron chi connectivity index (χ3n) is 4.82. The highest BCUT2D eigenvalue weighted by molar-refractivity contribution is 5.74. The third-order valence-corrected chi connectivity index (χ3v) is 4.82. The van der Waals surface area contributed by atoms with Crippen molar-refractivity contribution < 1.29 is 14.6 Å². The summed E-state index contributed by atoms with van der Waals surface area (Å²) in [7, 11) is 1.66. The molecule has 1 aromatic carbocycles. The highest BCUT2D eigenvalue weighted by Gasteiger charge is 2.37. The van der Waals surface area contributed by atoms with Gasteiger partial charge in [0.2, 0.25) is 0 Å². The van der Waals surface area contributed by atoms with Crippen LogP contribution in [0.1, 0.15) is 56.9 Å². The number of aliphatic carboxylic acids is 1. The van der Waals surface area contributed by atoms with Gasteiger partial charge in [-0.15, -0.1) is 0 Å². The molecular formula is C18H26O3.